The average molecular weight is 239 g/mol. The normalized spacial score (nSPS) is 12.1. The fraction of sp³-hybridized carbons (Fsp3) is 0.714. The highest BCUT2D eigenvalue weighted by molar-refractivity contribution is 5.19. The summed E-state index contributed by atoms with van der Waals surface area (Å²) >= 11 is 0. The lowest BCUT2D eigenvalue weighted by Gasteiger charge is -2.29. The second-order valence-corrected chi connectivity index (χ2v) is 4.91. The summed E-state index contributed by atoms with van der Waals surface area (Å²) in [4.78, 5) is 0. The summed E-state index contributed by atoms with van der Waals surface area (Å²) in [5, 5.41) is 12.9. The average Bonchev–Trinajstić information content (AvgIpc) is 2.64. The van der Waals surface area contributed by atoms with E-state index in [2.05, 4.69) is 25.2 Å². The fourth-order valence-corrected chi connectivity index (χ4v) is 2.10. The van der Waals surface area contributed by atoms with E-state index in [9.17, 15) is 5.11 Å². The molecule has 1 aromatic rings. The molecule has 3 nitrogen and oxygen atoms in total. The molecule has 3 heteroatoms. The molecular weight excluding hydrogens is 214 g/mol. The Kier molecular flexibility index (Phi) is 5.22. The maximum atomic E-state index is 9.47. The highest BCUT2D eigenvalue weighted by atomic mass is 16.3. The zero-order valence-electron chi connectivity index (χ0n) is 11.5. The third-order valence-electron chi connectivity index (χ3n) is 3.79. The number of nitrogens with one attached hydrogen (secondary N) is 1. The smallest absolute Gasteiger partial charge is 0.105 e. The molecular formula is C14H25NO2. The zero-order valence-corrected chi connectivity index (χ0v) is 11.5. The largest absolute Gasteiger partial charge is 0.466 e. The lowest BCUT2D eigenvalue weighted by molar-refractivity contribution is 0.113. The summed E-state index contributed by atoms with van der Waals surface area (Å²) in [5.74, 6) is 1.94. The first-order valence-corrected chi connectivity index (χ1v) is 6.44. The van der Waals surface area contributed by atoms with Gasteiger partial charge in [0.2, 0.25) is 0 Å². The van der Waals surface area contributed by atoms with Crippen LogP contribution >= 0.6 is 0 Å². The molecule has 1 aromatic heterocycles. The molecule has 0 unspecified atom stereocenters. The molecule has 1 heterocycles. The maximum Gasteiger partial charge on any atom is 0.105 e. The minimum atomic E-state index is 0.0205. The number of rotatable bonds is 7. The molecule has 1 rings (SSSR count). The van der Waals surface area contributed by atoms with Crippen molar-refractivity contribution in [3.05, 3.63) is 23.2 Å². The summed E-state index contributed by atoms with van der Waals surface area (Å²) in [6.45, 7) is 10.1. The van der Waals surface area contributed by atoms with E-state index in [-0.39, 0.29) is 12.0 Å². The van der Waals surface area contributed by atoms with Crippen molar-refractivity contribution in [1.82, 2.24) is 5.32 Å². The SMILES string of the molecule is CCC(CC)(CO)CNCc1cc(C)oc1C. The maximum absolute atomic E-state index is 9.47. The molecule has 0 bridgehead atoms. The van der Waals surface area contributed by atoms with Crippen LogP contribution in [0.2, 0.25) is 0 Å². The molecule has 17 heavy (non-hydrogen) atoms. The summed E-state index contributed by atoms with van der Waals surface area (Å²) in [7, 11) is 0. The van der Waals surface area contributed by atoms with E-state index in [1.54, 1.807) is 0 Å². The number of aliphatic hydroxyl groups excluding tert-OH is 1. The Labute approximate surface area is 104 Å². The van der Waals surface area contributed by atoms with Crippen LogP contribution in [-0.4, -0.2) is 18.3 Å². The van der Waals surface area contributed by atoms with E-state index in [0.29, 0.717) is 0 Å². The lowest BCUT2D eigenvalue weighted by atomic mass is 9.83. The summed E-state index contributed by atoms with van der Waals surface area (Å²) in [6.07, 6.45) is 1.99. The van der Waals surface area contributed by atoms with Crippen LogP contribution in [0.1, 0.15) is 43.8 Å². The minimum absolute atomic E-state index is 0.0205. The zero-order chi connectivity index (χ0) is 12.9. The van der Waals surface area contributed by atoms with Crippen LogP contribution in [0.3, 0.4) is 0 Å². The van der Waals surface area contributed by atoms with Crippen LogP contribution < -0.4 is 5.32 Å². The number of hydrogen-bond acceptors (Lipinski definition) is 3. The summed E-state index contributed by atoms with van der Waals surface area (Å²) < 4.78 is 5.49. The highest BCUT2D eigenvalue weighted by Crippen LogP contribution is 2.24. The van der Waals surface area contributed by atoms with E-state index in [4.69, 9.17) is 4.42 Å². The molecule has 2 N–H and O–H groups in total. The first kappa shape index (κ1) is 14.3. The van der Waals surface area contributed by atoms with Crippen molar-refractivity contribution in [3.63, 3.8) is 0 Å². The standard InChI is InChI=1S/C14H25NO2/c1-5-14(6-2,10-16)9-15-8-13-7-11(3)17-12(13)4/h7,15-16H,5-6,8-10H2,1-4H3. The summed E-state index contributed by atoms with van der Waals surface area (Å²) in [5.41, 5.74) is 1.23. The van der Waals surface area contributed by atoms with Crippen LogP contribution in [0.4, 0.5) is 0 Å². The van der Waals surface area contributed by atoms with Gasteiger partial charge in [-0.15, -0.1) is 0 Å². The predicted octanol–water partition coefficient (Wildman–Crippen LogP) is 2.78. The van der Waals surface area contributed by atoms with Gasteiger partial charge < -0.3 is 14.8 Å². The Morgan fingerprint density at radius 3 is 2.35 bits per heavy atom. The van der Waals surface area contributed by atoms with Gasteiger partial charge in [-0.25, -0.2) is 0 Å². The predicted molar refractivity (Wildman–Crippen MR) is 70.0 cm³/mol. The number of aliphatic hydroxyl groups is 1. The van der Waals surface area contributed by atoms with Crippen molar-refractivity contribution in [2.24, 2.45) is 5.41 Å². The van der Waals surface area contributed by atoms with Gasteiger partial charge in [0.15, 0.2) is 0 Å². The molecule has 0 aliphatic carbocycles. The van der Waals surface area contributed by atoms with Crippen LogP contribution in [0.15, 0.2) is 10.5 Å². The molecule has 0 fully saturated rings. The highest BCUT2D eigenvalue weighted by Gasteiger charge is 2.24. The topological polar surface area (TPSA) is 45.4 Å². The Bertz CT molecular complexity index is 332. The minimum Gasteiger partial charge on any atom is -0.466 e. The molecule has 0 saturated carbocycles. The molecule has 0 amide bonds. The third kappa shape index (κ3) is 3.58. The lowest BCUT2D eigenvalue weighted by Crippen LogP contribution is -2.36. The molecule has 0 aliphatic rings. The van der Waals surface area contributed by atoms with E-state index in [0.717, 1.165) is 37.5 Å². The molecule has 0 saturated heterocycles. The van der Waals surface area contributed by atoms with Crippen molar-refractivity contribution < 1.29 is 9.52 Å². The first-order valence-electron chi connectivity index (χ1n) is 6.44. The van der Waals surface area contributed by atoms with Crippen molar-refractivity contribution in [2.45, 2.75) is 47.1 Å². The number of aryl methyl sites for hydroxylation is 2. The Balaban J connectivity index is 2.49. The molecule has 0 aliphatic heterocycles. The van der Waals surface area contributed by atoms with Gasteiger partial charge in [-0.3, -0.25) is 0 Å². The van der Waals surface area contributed by atoms with Crippen LogP contribution in [-0.2, 0) is 6.54 Å². The van der Waals surface area contributed by atoms with Crippen molar-refractivity contribution in [1.29, 1.82) is 0 Å². The molecule has 0 aromatic carbocycles. The van der Waals surface area contributed by atoms with E-state index in [1.165, 1.54) is 5.56 Å². The van der Waals surface area contributed by atoms with Gasteiger partial charge in [-0.2, -0.15) is 0 Å². The second kappa shape index (κ2) is 6.22. The van der Waals surface area contributed by atoms with Crippen LogP contribution in [0.5, 0.6) is 0 Å². The van der Waals surface area contributed by atoms with Gasteiger partial charge in [0.05, 0.1) is 0 Å². The van der Waals surface area contributed by atoms with Gasteiger partial charge in [0.25, 0.3) is 0 Å². The molecule has 0 radical (unpaired) electrons. The van der Waals surface area contributed by atoms with Gasteiger partial charge in [-0.1, -0.05) is 13.8 Å². The van der Waals surface area contributed by atoms with Gasteiger partial charge in [0, 0.05) is 30.7 Å². The molecule has 0 atom stereocenters. The van der Waals surface area contributed by atoms with Gasteiger partial charge >= 0.3 is 0 Å². The Morgan fingerprint density at radius 1 is 1.29 bits per heavy atom. The quantitative estimate of drug-likeness (QED) is 0.769. The Morgan fingerprint density at radius 2 is 1.94 bits per heavy atom. The van der Waals surface area contributed by atoms with E-state index in [1.807, 2.05) is 13.8 Å². The second-order valence-electron chi connectivity index (χ2n) is 4.91. The van der Waals surface area contributed by atoms with Crippen LogP contribution in [0.25, 0.3) is 0 Å². The van der Waals surface area contributed by atoms with Crippen LogP contribution in [0, 0.1) is 19.3 Å². The van der Waals surface area contributed by atoms with Gasteiger partial charge in [-0.05, 0) is 32.8 Å². The fourth-order valence-electron chi connectivity index (χ4n) is 2.10. The van der Waals surface area contributed by atoms with Gasteiger partial charge in [0.1, 0.15) is 11.5 Å². The number of hydrogen-bond donors (Lipinski definition) is 2. The monoisotopic (exact) mass is 239 g/mol. The van der Waals surface area contributed by atoms with Crippen molar-refractivity contribution in [2.75, 3.05) is 13.2 Å². The third-order valence-corrected chi connectivity index (χ3v) is 3.79. The van der Waals surface area contributed by atoms with Crippen molar-refractivity contribution in [3.8, 4) is 0 Å². The van der Waals surface area contributed by atoms with E-state index >= 15 is 0 Å². The Hall–Kier alpha value is -0.800. The molecule has 98 valence electrons. The van der Waals surface area contributed by atoms with Crippen molar-refractivity contribution >= 4 is 0 Å². The molecule has 0 spiro atoms. The first-order chi connectivity index (χ1) is 8.06. The number of furan rings is 1. The summed E-state index contributed by atoms with van der Waals surface area (Å²) in [6, 6.07) is 2.07. The van der Waals surface area contributed by atoms with E-state index < -0.39 is 0 Å².